The van der Waals surface area contributed by atoms with Gasteiger partial charge in [-0.2, -0.15) is 0 Å². The summed E-state index contributed by atoms with van der Waals surface area (Å²) in [4.78, 5) is 42.7. The Labute approximate surface area is 214 Å². The fourth-order valence-corrected chi connectivity index (χ4v) is 6.81. The Balaban J connectivity index is 1.36. The highest BCUT2D eigenvalue weighted by Crippen LogP contribution is 2.67. The second-order valence-corrected chi connectivity index (χ2v) is 10.1. The molecule has 0 spiro atoms. The van der Waals surface area contributed by atoms with Gasteiger partial charge in [0.05, 0.1) is 22.6 Å². The van der Waals surface area contributed by atoms with Gasteiger partial charge in [-0.05, 0) is 53.4 Å². The van der Waals surface area contributed by atoms with Gasteiger partial charge in [0.2, 0.25) is 11.8 Å². The zero-order chi connectivity index (χ0) is 25.3. The quantitative estimate of drug-likeness (QED) is 0.212. The Kier molecular flexibility index (Phi) is 4.55. The van der Waals surface area contributed by atoms with Crippen molar-refractivity contribution in [2.75, 3.05) is 4.90 Å². The van der Waals surface area contributed by atoms with Gasteiger partial charge in [0.1, 0.15) is 0 Å². The minimum Gasteiger partial charge on any atom is -0.421 e. The first-order chi connectivity index (χ1) is 18.0. The Morgan fingerprint density at radius 2 is 1.27 bits per heavy atom. The van der Waals surface area contributed by atoms with Crippen molar-refractivity contribution in [2.45, 2.75) is 18.8 Å². The maximum absolute atomic E-state index is 14.4. The highest BCUT2D eigenvalue weighted by molar-refractivity contribution is 6.25. The predicted molar refractivity (Wildman–Crippen MR) is 139 cm³/mol. The van der Waals surface area contributed by atoms with E-state index < -0.39 is 17.3 Å². The molecule has 1 aliphatic heterocycles. The molecule has 8 rings (SSSR count). The standard InChI is InChI=1S/C32H23NO4/c1-32-27-22-15-7-5-13-20(22)26(21-14-6-8-16-23(21)27)28(32)29(34)33(31(32)36)24-17-9-10-18-25(24)37-30(35)19-11-3-2-4-12-19/h2-18,26-28H,1H3/t26?,27?,28-,32-/m1/s1. The summed E-state index contributed by atoms with van der Waals surface area (Å²) in [6.45, 7) is 1.93. The molecule has 4 aliphatic rings. The van der Waals surface area contributed by atoms with Gasteiger partial charge in [-0.1, -0.05) is 78.9 Å². The lowest BCUT2D eigenvalue weighted by Gasteiger charge is -2.51. The van der Waals surface area contributed by atoms with Crippen LogP contribution < -0.4 is 9.64 Å². The first-order valence-electron chi connectivity index (χ1n) is 12.4. The first kappa shape index (κ1) is 21.7. The van der Waals surface area contributed by atoms with Crippen LogP contribution in [0.3, 0.4) is 0 Å². The molecule has 1 fully saturated rings. The van der Waals surface area contributed by atoms with Crippen LogP contribution in [0.2, 0.25) is 0 Å². The minimum atomic E-state index is -0.957. The van der Waals surface area contributed by atoms with Crippen molar-refractivity contribution in [1.82, 2.24) is 0 Å². The van der Waals surface area contributed by atoms with Crippen molar-refractivity contribution in [3.63, 3.8) is 0 Å². The van der Waals surface area contributed by atoms with Crippen molar-refractivity contribution in [3.05, 3.63) is 131 Å². The van der Waals surface area contributed by atoms with Gasteiger partial charge in [-0.25, -0.2) is 9.69 Å². The number of nitrogens with zero attached hydrogens (tertiary/aromatic N) is 1. The number of carbonyl (C=O) groups excluding carboxylic acids is 3. The molecule has 0 aromatic heterocycles. The summed E-state index contributed by atoms with van der Waals surface area (Å²) in [5.41, 5.74) is 4.17. The molecule has 4 aromatic rings. The van der Waals surface area contributed by atoms with Crippen molar-refractivity contribution >= 4 is 23.5 Å². The highest BCUT2D eigenvalue weighted by Gasteiger charge is 2.69. The topological polar surface area (TPSA) is 63.7 Å². The van der Waals surface area contributed by atoms with Gasteiger partial charge >= 0.3 is 5.97 Å². The van der Waals surface area contributed by atoms with Gasteiger partial charge in [-0.3, -0.25) is 9.59 Å². The van der Waals surface area contributed by atoms with E-state index >= 15 is 0 Å². The molecule has 5 heteroatoms. The zero-order valence-electron chi connectivity index (χ0n) is 20.1. The SMILES string of the molecule is C[C@]12C(=O)N(c3ccccc3OC(=O)c3ccccc3)C(=O)[C@H]1C1c3ccccc3C2c2ccccc21. The number of hydrogen-bond donors (Lipinski definition) is 0. The van der Waals surface area contributed by atoms with E-state index in [1.807, 2.05) is 37.3 Å². The third-order valence-electron chi connectivity index (χ3n) is 8.33. The normalized spacial score (nSPS) is 24.9. The minimum absolute atomic E-state index is 0.183. The molecular weight excluding hydrogens is 462 g/mol. The number of amides is 2. The molecule has 1 saturated heterocycles. The van der Waals surface area contributed by atoms with Crippen LogP contribution in [0.25, 0.3) is 0 Å². The number of hydrogen-bond acceptors (Lipinski definition) is 4. The molecule has 4 aromatic carbocycles. The summed E-state index contributed by atoms with van der Waals surface area (Å²) >= 11 is 0. The fourth-order valence-electron chi connectivity index (χ4n) is 6.81. The lowest BCUT2D eigenvalue weighted by Crippen LogP contribution is -2.49. The molecule has 0 saturated carbocycles. The molecule has 2 amide bonds. The van der Waals surface area contributed by atoms with E-state index in [0.717, 1.165) is 22.3 Å². The number of carbonyl (C=O) groups is 3. The van der Waals surface area contributed by atoms with Crippen LogP contribution in [0.15, 0.2) is 103 Å². The lowest BCUT2D eigenvalue weighted by molar-refractivity contribution is -0.128. The summed E-state index contributed by atoms with van der Waals surface area (Å²) < 4.78 is 5.73. The van der Waals surface area contributed by atoms with E-state index in [0.29, 0.717) is 11.3 Å². The number of benzene rings is 4. The third-order valence-corrected chi connectivity index (χ3v) is 8.33. The summed E-state index contributed by atoms with van der Waals surface area (Å²) in [7, 11) is 0. The zero-order valence-corrected chi connectivity index (χ0v) is 20.1. The van der Waals surface area contributed by atoms with Crippen LogP contribution in [-0.2, 0) is 9.59 Å². The summed E-state index contributed by atoms with van der Waals surface area (Å²) in [5.74, 6) is -1.89. The van der Waals surface area contributed by atoms with Crippen molar-refractivity contribution in [2.24, 2.45) is 11.3 Å². The number of para-hydroxylation sites is 2. The van der Waals surface area contributed by atoms with Crippen molar-refractivity contribution in [1.29, 1.82) is 0 Å². The third kappa shape index (κ3) is 2.82. The monoisotopic (exact) mass is 485 g/mol. The number of ether oxygens (including phenoxy) is 1. The lowest BCUT2D eigenvalue weighted by atomic mass is 9.48. The average Bonchev–Trinajstić information content (AvgIpc) is 3.14. The molecule has 5 nitrogen and oxygen atoms in total. The molecule has 0 unspecified atom stereocenters. The molecule has 2 bridgehead atoms. The Hall–Kier alpha value is -4.51. The second-order valence-electron chi connectivity index (χ2n) is 10.1. The summed E-state index contributed by atoms with van der Waals surface area (Å²) in [5, 5.41) is 0. The highest BCUT2D eigenvalue weighted by atomic mass is 16.5. The first-order valence-corrected chi connectivity index (χ1v) is 12.4. The number of anilines is 1. The van der Waals surface area contributed by atoms with Crippen LogP contribution in [0.1, 0.15) is 51.4 Å². The second kappa shape index (κ2) is 7.74. The van der Waals surface area contributed by atoms with Crippen LogP contribution in [0, 0.1) is 11.3 Å². The van der Waals surface area contributed by atoms with Gasteiger partial charge in [0.15, 0.2) is 5.75 Å². The number of rotatable bonds is 3. The molecule has 0 N–H and O–H groups in total. The largest absolute Gasteiger partial charge is 0.421 e. The van der Waals surface area contributed by atoms with Gasteiger partial charge in [0, 0.05) is 11.8 Å². The molecule has 1 heterocycles. The number of esters is 1. The fraction of sp³-hybridized carbons (Fsp3) is 0.156. The smallest absolute Gasteiger partial charge is 0.343 e. The van der Waals surface area contributed by atoms with E-state index in [1.54, 1.807) is 48.5 Å². The molecule has 37 heavy (non-hydrogen) atoms. The van der Waals surface area contributed by atoms with Crippen LogP contribution in [-0.4, -0.2) is 17.8 Å². The Bertz CT molecular complexity index is 1560. The van der Waals surface area contributed by atoms with E-state index in [1.165, 1.54) is 4.90 Å². The summed E-state index contributed by atoms with van der Waals surface area (Å²) in [6, 6.07) is 31.8. The maximum Gasteiger partial charge on any atom is 0.343 e. The molecule has 0 radical (unpaired) electrons. The van der Waals surface area contributed by atoms with E-state index in [9.17, 15) is 14.4 Å². The van der Waals surface area contributed by atoms with Crippen molar-refractivity contribution in [3.8, 4) is 5.75 Å². The van der Waals surface area contributed by atoms with E-state index in [4.69, 9.17) is 4.74 Å². The number of imide groups is 1. The molecule has 3 aliphatic carbocycles. The van der Waals surface area contributed by atoms with Crippen LogP contribution in [0.4, 0.5) is 5.69 Å². The Morgan fingerprint density at radius 1 is 0.730 bits per heavy atom. The van der Waals surface area contributed by atoms with E-state index in [-0.39, 0.29) is 29.4 Å². The molecule has 180 valence electrons. The van der Waals surface area contributed by atoms with Gasteiger partial charge in [-0.15, -0.1) is 0 Å². The van der Waals surface area contributed by atoms with E-state index in [2.05, 4.69) is 24.3 Å². The average molecular weight is 486 g/mol. The molecule has 2 atom stereocenters. The predicted octanol–water partition coefficient (Wildman–Crippen LogP) is 5.69. The summed E-state index contributed by atoms with van der Waals surface area (Å²) in [6.07, 6.45) is 0. The van der Waals surface area contributed by atoms with Crippen molar-refractivity contribution < 1.29 is 19.1 Å². The van der Waals surface area contributed by atoms with Crippen LogP contribution >= 0.6 is 0 Å². The van der Waals surface area contributed by atoms with Crippen LogP contribution in [0.5, 0.6) is 5.75 Å². The Morgan fingerprint density at radius 3 is 1.92 bits per heavy atom. The maximum atomic E-state index is 14.4. The van der Waals surface area contributed by atoms with Gasteiger partial charge in [0.25, 0.3) is 0 Å². The van der Waals surface area contributed by atoms with Gasteiger partial charge < -0.3 is 4.74 Å². The molecular formula is C32H23NO4.